The Morgan fingerprint density at radius 3 is 2.45 bits per heavy atom. The first-order valence-electron chi connectivity index (χ1n) is 8.75. The average Bonchev–Trinajstić information content (AvgIpc) is 3.18. The molecule has 0 amide bonds. The van der Waals surface area contributed by atoms with Crippen LogP contribution < -0.4 is 5.73 Å². The van der Waals surface area contributed by atoms with Crippen molar-refractivity contribution in [3.05, 3.63) is 76.6 Å². The summed E-state index contributed by atoms with van der Waals surface area (Å²) in [6.45, 7) is 0. The Hall–Kier alpha value is -3.11. The van der Waals surface area contributed by atoms with Crippen molar-refractivity contribution in [2.45, 2.75) is 11.1 Å². The number of benzene rings is 2. The van der Waals surface area contributed by atoms with Gasteiger partial charge in [0.25, 0.3) is 0 Å². The number of thiophene rings is 1. The smallest absolute Gasteiger partial charge is 0.430 e. The number of nitrogens with two attached hydrogens (primary N) is 1. The fraction of sp³-hybridized carbons (Fsp3) is 0.0952. The molecule has 31 heavy (non-hydrogen) atoms. The average molecular weight is 467 g/mol. The zero-order valence-corrected chi connectivity index (χ0v) is 17.7. The van der Waals surface area contributed by atoms with Crippen LogP contribution in [0.2, 0.25) is 0 Å². The van der Waals surface area contributed by atoms with Gasteiger partial charge in [-0.1, -0.05) is 24.3 Å². The zero-order valence-electron chi connectivity index (χ0n) is 16.1. The number of aromatic hydroxyl groups is 1. The molecule has 0 bridgehead atoms. The highest BCUT2D eigenvalue weighted by atomic mass is 32.2. The fourth-order valence-electron chi connectivity index (χ4n) is 2.60. The minimum atomic E-state index is -4.75. The Labute approximate surface area is 180 Å². The molecule has 0 unspecified atom stereocenters. The second kappa shape index (κ2) is 8.56. The van der Waals surface area contributed by atoms with Gasteiger partial charge in [0.05, 0.1) is 15.5 Å². The van der Waals surface area contributed by atoms with Crippen molar-refractivity contribution in [1.82, 2.24) is 0 Å². The molecule has 0 aliphatic rings. The van der Waals surface area contributed by atoms with E-state index in [1.165, 1.54) is 24.3 Å². The monoisotopic (exact) mass is 466 g/mol. The van der Waals surface area contributed by atoms with Gasteiger partial charge >= 0.3 is 6.18 Å². The van der Waals surface area contributed by atoms with Gasteiger partial charge in [-0.05, 0) is 52.9 Å². The number of rotatable bonds is 5. The fourth-order valence-corrected chi connectivity index (χ4v) is 4.15. The van der Waals surface area contributed by atoms with Crippen molar-refractivity contribution in [2.75, 3.05) is 6.26 Å². The van der Waals surface area contributed by atoms with E-state index in [0.717, 1.165) is 17.6 Å². The summed E-state index contributed by atoms with van der Waals surface area (Å²) < 4.78 is 62.7. The highest BCUT2D eigenvalue weighted by Crippen LogP contribution is 2.32. The highest BCUT2D eigenvalue weighted by Gasteiger charge is 2.32. The van der Waals surface area contributed by atoms with Gasteiger partial charge in [-0.25, -0.2) is 13.4 Å². The molecule has 0 aliphatic carbocycles. The maximum Gasteiger partial charge on any atom is 0.430 e. The molecule has 5 nitrogen and oxygen atoms in total. The summed E-state index contributed by atoms with van der Waals surface area (Å²) in [7, 11) is -3.42. The van der Waals surface area contributed by atoms with Crippen molar-refractivity contribution >= 4 is 32.6 Å². The van der Waals surface area contributed by atoms with Gasteiger partial charge in [0, 0.05) is 6.26 Å². The number of allylic oxidation sites excluding steroid dienone is 2. The molecule has 0 fully saturated rings. The normalized spacial score (nSPS) is 13.4. The lowest BCUT2D eigenvalue weighted by Gasteiger charge is -2.08. The van der Waals surface area contributed by atoms with Gasteiger partial charge in [-0.15, -0.1) is 11.3 Å². The van der Waals surface area contributed by atoms with Crippen molar-refractivity contribution in [1.29, 1.82) is 0 Å². The van der Waals surface area contributed by atoms with Crippen LogP contribution in [0.4, 0.5) is 18.9 Å². The maximum absolute atomic E-state index is 13.0. The third kappa shape index (κ3) is 5.53. The van der Waals surface area contributed by atoms with Crippen molar-refractivity contribution in [2.24, 2.45) is 10.7 Å². The first-order chi connectivity index (χ1) is 14.4. The molecule has 10 heteroatoms. The first-order valence-corrected chi connectivity index (χ1v) is 11.5. The van der Waals surface area contributed by atoms with Crippen LogP contribution in [0.15, 0.2) is 81.6 Å². The van der Waals surface area contributed by atoms with E-state index in [0.29, 0.717) is 22.1 Å². The number of phenolic OH excluding ortho intramolecular Hbond substituents is 1. The van der Waals surface area contributed by atoms with Crippen LogP contribution in [-0.2, 0) is 9.84 Å². The minimum Gasteiger partial charge on any atom is -0.506 e. The number of halogens is 3. The molecule has 0 atom stereocenters. The molecule has 3 aromatic rings. The Kier molecular flexibility index (Phi) is 6.23. The van der Waals surface area contributed by atoms with Crippen LogP contribution in [-0.4, -0.2) is 31.7 Å². The number of hydrogen-bond acceptors (Lipinski definition) is 6. The van der Waals surface area contributed by atoms with E-state index in [1.54, 1.807) is 35.7 Å². The Balaban J connectivity index is 2.10. The predicted octanol–water partition coefficient (Wildman–Crippen LogP) is 5.05. The van der Waals surface area contributed by atoms with Gasteiger partial charge < -0.3 is 10.8 Å². The van der Waals surface area contributed by atoms with Crippen LogP contribution in [0.5, 0.6) is 5.75 Å². The number of phenols is 1. The Morgan fingerprint density at radius 2 is 1.81 bits per heavy atom. The molecule has 0 aliphatic heterocycles. The minimum absolute atomic E-state index is 0.0812. The zero-order chi connectivity index (χ0) is 22.8. The van der Waals surface area contributed by atoms with E-state index >= 15 is 0 Å². The molecule has 2 aromatic carbocycles. The molecule has 0 saturated heterocycles. The summed E-state index contributed by atoms with van der Waals surface area (Å²) in [6.07, 6.45) is -2.95. The van der Waals surface area contributed by atoms with Gasteiger partial charge in [0.1, 0.15) is 17.1 Å². The summed E-state index contributed by atoms with van der Waals surface area (Å²) in [5.74, 6) is -0.198. The largest absolute Gasteiger partial charge is 0.506 e. The summed E-state index contributed by atoms with van der Waals surface area (Å²) in [5.41, 5.74) is 5.04. The second-order valence-corrected chi connectivity index (χ2v) is 9.51. The van der Waals surface area contributed by atoms with E-state index < -0.39 is 21.7 Å². The Bertz CT molecular complexity index is 1280. The topological polar surface area (TPSA) is 92.8 Å². The molecule has 162 valence electrons. The number of sulfone groups is 1. The van der Waals surface area contributed by atoms with Crippen molar-refractivity contribution in [3.8, 4) is 16.9 Å². The molecule has 3 rings (SSSR count). The molecule has 1 aromatic heterocycles. The van der Waals surface area contributed by atoms with Gasteiger partial charge in [-0.3, -0.25) is 0 Å². The number of aliphatic imine (C=N–C) groups is 1. The molecule has 1 heterocycles. The van der Waals surface area contributed by atoms with E-state index in [-0.39, 0.29) is 22.0 Å². The van der Waals surface area contributed by atoms with E-state index in [2.05, 4.69) is 4.99 Å². The van der Waals surface area contributed by atoms with Crippen LogP contribution in [0.25, 0.3) is 11.1 Å². The quantitative estimate of drug-likeness (QED) is 0.515. The number of alkyl halides is 3. The van der Waals surface area contributed by atoms with Gasteiger partial charge in [-0.2, -0.15) is 13.2 Å². The van der Waals surface area contributed by atoms with Gasteiger partial charge in [0.15, 0.2) is 9.84 Å². The summed E-state index contributed by atoms with van der Waals surface area (Å²) in [4.78, 5) is 4.65. The van der Waals surface area contributed by atoms with Gasteiger partial charge in [0.2, 0.25) is 0 Å². The van der Waals surface area contributed by atoms with Crippen molar-refractivity contribution in [3.63, 3.8) is 0 Å². The predicted molar refractivity (Wildman–Crippen MR) is 115 cm³/mol. The van der Waals surface area contributed by atoms with E-state index in [4.69, 9.17) is 5.73 Å². The number of para-hydroxylation sites is 2. The molecular formula is C21H17F3N2O3S2. The number of hydrogen-bond donors (Lipinski definition) is 2. The SMILES string of the molecule is CS(=O)(=O)c1cccc(-c2csc(C(C=C(N)C(F)(F)F)=Nc3ccccc3O)c2)c1. The van der Waals surface area contributed by atoms with Crippen LogP contribution in [0, 0.1) is 0 Å². The van der Waals surface area contributed by atoms with Crippen LogP contribution in [0.1, 0.15) is 4.88 Å². The summed E-state index contributed by atoms with van der Waals surface area (Å²) >= 11 is 1.11. The molecule has 3 N–H and O–H groups in total. The molecule has 0 radical (unpaired) electrons. The first kappa shape index (κ1) is 22.6. The van der Waals surface area contributed by atoms with Crippen LogP contribution >= 0.6 is 11.3 Å². The maximum atomic E-state index is 13.0. The van der Waals surface area contributed by atoms with E-state index in [9.17, 15) is 26.7 Å². The second-order valence-electron chi connectivity index (χ2n) is 6.58. The summed E-state index contributed by atoms with van der Waals surface area (Å²) in [5, 5.41) is 11.6. The third-order valence-corrected chi connectivity index (χ3v) is 6.25. The Morgan fingerprint density at radius 1 is 1.10 bits per heavy atom. The molecule has 0 saturated carbocycles. The lowest BCUT2D eigenvalue weighted by Crippen LogP contribution is -2.20. The van der Waals surface area contributed by atoms with Crippen LogP contribution in [0.3, 0.4) is 0 Å². The lowest BCUT2D eigenvalue weighted by atomic mass is 10.1. The number of nitrogens with zero attached hydrogens (tertiary/aromatic N) is 1. The van der Waals surface area contributed by atoms with E-state index in [1.807, 2.05) is 0 Å². The lowest BCUT2D eigenvalue weighted by molar-refractivity contribution is -0.0925. The third-order valence-electron chi connectivity index (χ3n) is 4.19. The van der Waals surface area contributed by atoms with Crippen molar-refractivity contribution < 1.29 is 26.7 Å². The highest BCUT2D eigenvalue weighted by molar-refractivity contribution is 7.90. The standard InChI is InChI=1S/C21H17F3N2O3S2/c1-31(28,29)15-6-4-5-13(9-15)14-10-19(30-12-14)17(11-20(25)21(22,23)24)26-16-7-2-3-8-18(16)27/h2-12,27H,25H2,1H3. The molecule has 0 spiro atoms. The summed E-state index contributed by atoms with van der Waals surface area (Å²) in [6, 6.07) is 13.8. The molecular weight excluding hydrogens is 449 g/mol.